The van der Waals surface area contributed by atoms with E-state index in [9.17, 15) is 18.0 Å². The van der Waals surface area contributed by atoms with E-state index in [1.807, 2.05) is 20.8 Å². The van der Waals surface area contributed by atoms with Gasteiger partial charge in [0.2, 0.25) is 5.82 Å². The van der Waals surface area contributed by atoms with Gasteiger partial charge in [0.15, 0.2) is 0 Å². The summed E-state index contributed by atoms with van der Waals surface area (Å²) in [6.07, 6.45) is -1.60. The van der Waals surface area contributed by atoms with Crippen LogP contribution in [0.1, 0.15) is 39.2 Å². The Morgan fingerprint density at radius 3 is 2.27 bits per heavy atom. The summed E-state index contributed by atoms with van der Waals surface area (Å²) in [5.74, 6) is 1.31. The number of aromatic nitrogens is 4. The zero-order valence-electron chi connectivity index (χ0n) is 22.7. The van der Waals surface area contributed by atoms with Crippen LogP contribution in [-0.4, -0.2) is 56.1 Å². The lowest BCUT2D eigenvalue weighted by Crippen LogP contribution is -2.44. The van der Waals surface area contributed by atoms with Gasteiger partial charge in [0.25, 0.3) is 5.89 Å². The molecule has 1 aliphatic heterocycles. The first-order valence-electron chi connectivity index (χ1n) is 13.0. The molecule has 2 N–H and O–H groups in total. The van der Waals surface area contributed by atoms with Gasteiger partial charge in [-0.15, -0.1) is 0 Å². The van der Waals surface area contributed by atoms with Gasteiger partial charge in [-0.3, -0.25) is 5.10 Å². The molecule has 0 saturated carbocycles. The summed E-state index contributed by atoms with van der Waals surface area (Å²) in [7, 11) is 0. The first-order chi connectivity index (χ1) is 19.4. The number of alkyl halides is 3. The minimum Gasteiger partial charge on any atom is -0.457 e. The van der Waals surface area contributed by atoms with Crippen LogP contribution in [0.5, 0.6) is 11.5 Å². The van der Waals surface area contributed by atoms with Crippen molar-refractivity contribution >= 4 is 11.8 Å². The van der Waals surface area contributed by atoms with Gasteiger partial charge in [-0.05, 0) is 82.1 Å². The number of nitrogens with one attached hydrogen (secondary N) is 2. The van der Waals surface area contributed by atoms with Gasteiger partial charge >= 0.3 is 12.3 Å². The topological polar surface area (TPSA) is 118 Å². The molecular weight excluding hydrogens is 541 g/mol. The third-order valence-electron chi connectivity index (χ3n) is 6.32. The van der Waals surface area contributed by atoms with Gasteiger partial charge in [0.05, 0.1) is 17.4 Å². The molecule has 3 heterocycles. The lowest BCUT2D eigenvalue weighted by Gasteiger charge is -2.34. The molecule has 10 nitrogen and oxygen atoms in total. The fourth-order valence-corrected chi connectivity index (χ4v) is 4.27. The lowest BCUT2D eigenvalue weighted by atomic mass is 10.1. The summed E-state index contributed by atoms with van der Waals surface area (Å²) in [6.45, 7) is 6.68. The molecule has 2 aromatic carbocycles. The molecule has 5 rings (SSSR count). The van der Waals surface area contributed by atoms with Crippen molar-refractivity contribution in [1.82, 2.24) is 25.2 Å². The van der Waals surface area contributed by atoms with E-state index in [0.717, 1.165) is 25.0 Å². The highest BCUT2D eigenvalue weighted by atomic mass is 19.4. The Morgan fingerprint density at radius 1 is 1.02 bits per heavy atom. The molecule has 1 saturated heterocycles. The van der Waals surface area contributed by atoms with Crippen molar-refractivity contribution in [2.24, 2.45) is 0 Å². The number of aromatic amines is 1. The molecule has 4 aromatic rings. The van der Waals surface area contributed by atoms with Crippen LogP contribution in [0.15, 0.2) is 59.3 Å². The zero-order chi connectivity index (χ0) is 29.2. The summed E-state index contributed by atoms with van der Waals surface area (Å²) in [6, 6.07) is 11.4. The normalized spacial score (nSPS) is 14.6. The molecule has 0 aliphatic carbocycles. The molecule has 216 valence electrons. The third kappa shape index (κ3) is 6.97. The van der Waals surface area contributed by atoms with Crippen LogP contribution in [0, 0.1) is 0 Å². The van der Waals surface area contributed by atoms with E-state index >= 15 is 0 Å². The molecule has 2 aromatic heterocycles. The number of likely N-dealkylation sites (tertiary alicyclic amines) is 1. The Balaban J connectivity index is 1.19. The molecule has 0 radical (unpaired) electrons. The second-order valence-corrected chi connectivity index (χ2v) is 10.6. The third-order valence-corrected chi connectivity index (χ3v) is 6.32. The highest BCUT2D eigenvalue weighted by molar-refractivity contribution is 5.70. The number of carbonyl (C=O) groups excluding carboxylic acids is 1. The van der Waals surface area contributed by atoms with E-state index in [2.05, 4.69) is 25.7 Å². The maximum atomic E-state index is 12.8. The first kappa shape index (κ1) is 28.0. The van der Waals surface area contributed by atoms with Crippen LogP contribution >= 0.6 is 0 Å². The number of anilines is 1. The van der Waals surface area contributed by atoms with Crippen molar-refractivity contribution in [2.75, 3.05) is 18.4 Å². The van der Waals surface area contributed by atoms with Gasteiger partial charge in [-0.25, -0.2) is 4.79 Å². The average molecular weight is 571 g/mol. The van der Waals surface area contributed by atoms with E-state index in [0.29, 0.717) is 41.6 Å². The Bertz CT molecular complexity index is 1470. The quantitative estimate of drug-likeness (QED) is 0.261. The summed E-state index contributed by atoms with van der Waals surface area (Å²) >= 11 is 0. The predicted octanol–water partition coefficient (Wildman–Crippen LogP) is 6.75. The second kappa shape index (κ2) is 11.1. The van der Waals surface area contributed by atoms with E-state index in [4.69, 9.17) is 14.0 Å². The largest absolute Gasteiger partial charge is 0.457 e. The minimum atomic E-state index is -4.41. The number of hydrogen-bond donors (Lipinski definition) is 2. The first-order valence-corrected chi connectivity index (χ1v) is 13.0. The van der Waals surface area contributed by atoms with Gasteiger partial charge in [0, 0.05) is 24.7 Å². The molecule has 41 heavy (non-hydrogen) atoms. The number of ether oxygens (including phenoxy) is 2. The molecule has 0 spiro atoms. The van der Waals surface area contributed by atoms with Crippen LogP contribution in [0.4, 0.5) is 23.7 Å². The number of halogens is 3. The van der Waals surface area contributed by atoms with Gasteiger partial charge in [0.1, 0.15) is 22.8 Å². The van der Waals surface area contributed by atoms with Crippen molar-refractivity contribution in [3.05, 3.63) is 60.3 Å². The van der Waals surface area contributed by atoms with Crippen LogP contribution in [-0.2, 0) is 10.9 Å². The van der Waals surface area contributed by atoms with Gasteiger partial charge < -0.3 is 24.2 Å². The summed E-state index contributed by atoms with van der Waals surface area (Å²) in [5.41, 5.74) is 0.624. The number of H-pyrrole nitrogens is 1. The molecule has 0 bridgehead atoms. The van der Waals surface area contributed by atoms with E-state index in [-0.39, 0.29) is 23.8 Å². The lowest BCUT2D eigenvalue weighted by molar-refractivity contribution is -0.137. The molecular formula is C28H29F3N6O4. The smallest absolute Gasteiger partial charge is 0.416 e. The van der Waals surface area contributed by atoms with E-state index in [1.54, 1.807) is 35.4 Å². The summed E-state index contributed by atoms with van der Waals surface area (Å²) < 4.78 is 54.9. The van der Waals surface area contributed by atoms with Crippen LogP contribution in [0.3, 0.4) is 0 Å². The fourth-order valence-electron chi connectivity index (χ4n) is 4.27. The monoisotopic (exact) mass is 570 g/mol. The zero-order valence-corrected chi connectivity index (χ0v) is 22.7. The minimum absolute atomic E-state index is 0.115. The number of piperidine rings is 1. The van der Waals surface area contributed by atoms with Crippen LogP contribution in [0.25, 0.3) is 23.0 Å². The Kier molecular flexibility index (Phi) is 7.61. The highest BCUT2D eigenvalue weighted by Crippen LogP contribution is 2.32. The summed E-state index contributed by atoms with van der Waals surface area (Å²) in [5, 5.41) is 14.5. The standard InChI is InChI=1S/C28H29F3N6O4/c1-27(2,3)40-26(38)37-14-12-19(13-15-37)33-22-16-32-35-23(22)25-34-24(36-41-25)17-4-8-20(9-5-17)39-21-10-6-18(7-11-21)28(29,30)31/h4-11,16,19,33H,12-15H2,1-3H3,(H,32,35). The SMILES string of the molecule is CC(C)(C)OC(=O)N1CCC(Nc2cn[nH]c2-c2nc(-c3ccc(Oc4ccc(C(F)(F)F)cc4)cc3)no2)CC1. The van der Waals surface area contributed by atoms with Crippen molar-refractivity contribution in [1.29, 1.82) is 0 Å². The number of rotatable bonds is 6. The molecule has 1 fully saturated rings. The van der Waals surface area contributed by atoms with Crippen molar-refractivity contribution in [2.45, 2.75) is 51.4 Å². The Morgan fingerprint density at radius 2 is 1.66 bits per heavy atom. The molecule has 0 unspecified atom stereocenters. The van der Waals surface area contributed by atoms with Crippen molar-refractivity contribution < 1.29 is 32.0 Å². The molecule has 13 heteroatoms. The number of hydrogen-bond acceptors (Lipinski definition) is 8. The highest BCUT2D eigenvalue weighted by Gasteiger charge is 2.30. The Hall–Kier alpha value is -4.55. The average Bonchev–Trinajstić information content (AvgIpc) is 3.58. The fraction of sp³-hybridized carbons (Fsp3) is 0.357. The molecule has 1 amide bonds. The number of nitrogens with zero attached hydrogens (tertiary/aromatic N) is 4. The van der Waals surface area contributed by atoms with Gasteiger partial charge in [-0.2, -0.15) is 23.3 Å². The molecule has 1 aliphatic rings. The van der Waals surface area contributed by atoms with Crippen LogP contribution < -0.4 is 10.1 Å². The summed E-state index contributed by atoms with van der Waals surface area (Å²) in [4.78, 5) is 18.5. The Labute approximate surface area is 233 Å². The van der Waals surface area contributed by atoms with Gasteiger partial charge in [-0.1, -0.05) is 5.16 Å². The van der Waals surface area contributed by atoms with Crippen molar-refractivity contribution in [3.8, 4) is 34.5 Å². The molecule has 0 atom stereocenters. The number of benzene rings is 2. The number of amides is 1. The maximum absolute atomic E-state index is 12.8. The van der Waals surface area contributed by atoms with E-state index in [1.165, 1.54) is 12.1 Å². The predicted molar refractivity (Wildman–Crippen MR) is 143 cm³/mol. The number of carbonyl (C=O) groups is 1. The van der Waals surface area contributed by atoms with Crippen molar-refractivity contribution in [3.63, 3.8) is 0 Å². The second-order valence-electron chi connectivity index (χ2n) is 10.6. The maximum Gasteiger partial charge on any atom is 0.416 e. The van der Waals surface area contributed by atoms with Crippen LogP contribution in [0.2, 0.25) is 0 Å². The van der Waals surface area contributed by atoms with E-state index < -0.39 is 17.3 Å².